The highest BCUT2D eigenvalue weighted by Crippen LogP contribution is 2.40. The number of alkyl halides is 3. The van der Waals surface area contributed by atoms with Crippen LogP contribution in [0.2, 0.25) is 5.02 Å². The molecule has 0 bridgehead atoms. The second-order valence-corrected chi connectivity index (χ2v) is 4.38. The van der Waals surface area contributed by atoms with E-state index in [4.69, 9.17) is 11.6 Å². The highest BCUT2D eigenvalue weighted by Gasteiger charge is 2.34. The van der Waals surface area contributed by atoms with Crippen molar-refractivity contribution in [2.75, 3.05) is 0 Å². The largest absolute Gasteiger partial charge is 0.417 e. The first-order chi connectivity index (χ1) is 8.95. The summed E-state index contributed by atoms with van der Waals surface area (Å²) in [6.07, 6.45) is -4.47. The average molecular weight is 287 g/mol. The van der Waals surface area contributed by atoms with Crippen LogP contribution in [-0.4, -0.2) is 5.11 Å². The molecule has 0 fully saturated rings. The fraction of sp³-hybridized carbons (Fsp3) is 0.143. The van der Waals surface area contributed by atoms with E-state index >= 15 is 0 Å². The molecule has 1 nitrogen and oxygen atoms in total. The van der Waals surface area contributed by atoms with Gasteiger partial charge in [-0.2, -0.15) is 13.2 Å². The number of rotatable bonds is 2. The molecule has 1 N–H and O–H groups in total. The Labute approximate surface area is 113 Å². The number of aliphatic hydroxyl groups excluding tert-OH is 1. The van der Waals surface area contributed by atoms with E-state index in [1.165, 1.54) is 24.3 Å². The van der Waals surface area contributed by atoms with E-state index in [0.717, 1.165) is 6.07 Å². The molecular formula is C14H10ClF3O. The van der Waals surface area contributed by atoms with Gasteiger partial charge in [-0.15, -0.1) is 0 Å². The maximum absolute atomic E-state index is 13.0. The van der Waals surface area contributed by atoms with E-state index in [9.17, 15) is 18.3 Å². The van der Waals surface area contributed by atoms with E-state index in [1.807, 2.05) is 0 Å². The Kier molecular flexibility index (Phi) is 3.83. The third-order valence-corrected chi connectivity index (χ3v) is 3.09. The summed E-state index contributed by atoms with van der Waals surface area (Å²) >= 11 is 5.99. The van der Waals surface area contributed by atoms with Crippen molar-refractivity contribution in [1.29, 1.82) is 0 Å². The highest BCUT2D eigenvalue weighted by atomic mass is 35.5. The molecule has 0 heterocycles. The zero-order chi connectivity index (χ0) is 14.0. The van der Waals surface area contributed by atoms with Crippen molar-refractivity contribution in [3.05, 3.63) is 58.6 Å². The normalized spacial score (nSPS) is 11.6. The van der Waals surface area contributed by atoms with Crippen molar-refractivity contribution >= 4 is 11.6 Å². The number of aliphatic hydroxyl groups is 1. The lowest BCUT2D eigenvalue weighted by molar-refractivity contribution is -0.137. The van der Waals surface area contributed by atoms with Gasteiger partial charge in [-0.25, -0.2) is 0 Å². The number of hydrogen-bond donors (Lipinski definition) is 1. The molecule has 0 spiro atoms. The predicted molar refractivity (Wildman–Crippen MR) is 67.8 cm³/mol. The molecule has 19 heavy (non-hydrogen) atoms. The fourth-order valence-corrected chi connectivity index (χ4v) is 2.25. The van der Waals surface area contributed by atoms with Crippen LogP contribution < -0.4 is 0 Å². The van der Waals surface area contributed by atoms with Crippen molar-refractivity contribution < 1.29 is 18.3 Å². The van der Waals surface area contributed by atoms with Crippen LogP contribution in [0, 0.1) is 0 Å². The Morgan fingerprint density at radius 3 is 2.32 bits per heavy atom. The van der Waals surface area contributed by atoms with Crippen molar-refractivity contribution in [3.8, 4) is 11.1 Å². The molecule has 0 radical (unpaired) electrons. The molecule has 100 valence electrons. The molecule has 0 aromatic heterocycles. The minimum atomic E-state index is -4.47. The minimum Gasteiger partial charge on any atom is -0.392 e. The van der Waals surface area contributed by atoms with Gasteiger partial charge < -0.3 is 5.11 Å². The van der Waals surface area contributed by atoms with Gasteiger partial charge in [0, 0.05) is 10.6 Å². The first-order valence-corrected chi connectivity index (χ1v) is 5.88. The molecule has 0 unspecified atom stereocenters. The van der Waals surface area contributed by atoms with E-state index in [-0.39, 0.29) is 22.8 Å². The van der Waals surface area contributed by atoms with Crippen LogP contribution in [0.5, 0.6) is 0 Å². The summed E-state index contributed by atoms with van der Waals surface area (Å²) in [5.74, 6) is 0. The number of benzene rings is 2. The molecule has 0 saturated heterocycles. The second-order valence-electron chi connectivity index (χ2n) is 3.98. The minimum absolute atomic E-state index is 0.0235. The third kappa shape index (κ3) is 2.74. The smallest absolute Gasteiger partial charge is 0.392 e. The number of hydrogen-bond acceptors (Lipinski definition) is 1. The van der Waals surface area contributed by atoms with Gasteiger partial charge in [0.25, 0.3) is 0 Å². The molecule has 2 aromatic carbocycles. The quantitative estimate of drug-likeness (QED) is 0.861. The lowest BCUT2D eigenvalue weighted by Crippen LogP contribution is -2.07. The third-order valence-electron chi connectivity index (χ3n) is 2.77. The topological polar surface area (TPSA) is 20.2 Å². The van der Waals surface area contributed by atoms with Crippen LogP contribution in [-0.2, 0) is 12.8 Å². The van der Waals surface area contributed by atoms with E-state index < -0.39 is 11.7 Å². The van der Waals surface area contributed by atoms with Crippen LogP contribution in [0.1, 0.15) is 11.1 Å². The molecule has 0 aliphatic carbocycles. The van der Waals surface area contributed by atoms with Gasteiger partial charge in [0.1, 0.15) is 0 Å². The van der Waals surface area contributed by atoms with Gasteiger partial charge in [0.05, 0.1) is 12.2 Å². The van der Waals surface area contributed by atoms with E-state index in [2.05, 4.69) is 0 Å². The summed E-state index contributed by atoms with van der Waals surface area (Å²) in [4.78, 5) is 0. The SMILES string of the molecule is OCc1cccc(Cl)c1-c1ccccc1C(F)(F)F. The molecule has 0 atom stereocenters. The van der Waals surface area contributed by atoms with Crippen molar-refractivity contribution in [3.63, 3.8) is 0 Å². The Morgan fingerprint density at radius 1 is 1.00 bits per heavy atom. The highest BCUT2D eigenvalue weighted by molar-refractivity contribution is 6.33. The van der Waals surface area contributed by atoms with Gasteiger partial charge >= 0.3 is 6.18 Å². The summed E-state index contributed by atoms with van der Waals surface area (Å²) < 4.78 is 39.0. The van der Waals surface area contributed by atoms with Crippen molar-refractivity contribution in [2.45, 2.75) is 12.8 Å². The number of halogens is 4. The Morgan fingerprint density at radius 2 is 1.68 bits per heavy atom. The molecule has 5 heteroatoms. The lowest BCUT2D eigenvalue weighted by atomic mass is 9.95. The van der Waals surface area contributed by atoms with Gasteiger partial charge in [0.2, 0.25) is 0 Å². The summed E-state index contributed by atoms with van der Waals surface area (Å²) in [5.41, 5.74) is -0.203. The Bertz CT molecular complexity index is 593. The molecule has 0 amide bonds. The molecule has 0 aliphatic heterocycles. The summed E-state index contributed by atoms with van der Waals surface area (Å²) in [7, 11) is 0. The second kappa shape index (κ2) is 5.23. The standard InChI is InChI=1S/C14H10ClF3O/c15-12-7-3-4-9(8-19)13(12)10-5-1-2-6-11(10)14(16,17)18/h1-7,19H,8H2. The van der Waals surface area contributed by atoms with E-state index in [0.29, 0.717) is 5.56 Å². The van der Waals surface area contributed by atoms with Gasteiger partial charge in [0.15, 0.2) is 0 Å². The average Bonchev–Trinajstić information content (AvgIpc) is 2.37. The van der Waals surface area contributed by atoms with Crippen LogP contribution >= 0.6 is 11.6 Å². The molecular weight excluding hydrogens is 277 g/mol. The van der Waals surface area contributed by atoms with Crippen LogP contribution in [0.25, 0.3) is 11.1 Å². The summed E-state index contributed by atoms with van der Waals surface area (Å²) in [6, 6.07) is 9.82. The predicted octanol–water partition coefficient (Wildman–Crippen LogP) is 4.52. The molecule has 2 rings (SSSR count). The van der Waals surface area contributed by atoms with E-state index in [1.54, 1.807) is 12.1 Å². The lowest BCUT2D eigenvalue weighted by Gasteiger charge is -2.16. The first kappa shape index (κ1) is 13.9. The summed E-state index contributed by atoms with van der Waals surface area (Å²) in [5, 5.41) is 9.44. The zero-order valence-corrected chi connectivity index (χ0v) is 10.5. The maximum Gasteiger partial charge on any atom is 0.417 e. The van der Waals surface area contributed by atoms with Crippen molar-refractivity contribution in [2.24, 2.45) is 0 Å². The van der Waals surface area contributed by atoms with Gasteiger partial charge in [-0.05, 0) is 23.3 Å². The van der Waals surface area contributed by atoms with Crippen molar-refractivity contribution in [1.82, 2.24) is 0 Å². The molecule has 0 aliphatic rings. The Balaban J connectivity index is 2.73. The zero-order valence-electron chi connectivity index (χ0n) is 9.71. The van der Waals surface area contributed by atoms with Gasteiger partial charge in [-0.1, -0.05) is 41.9 Å². The fourth-order valence-electron chi connectivity index (χ4n) is 1.95. The monoisotopic (exact) mass is 286 g/mol. The Hall–Kier alpha value is -1.52. The van der Waals surface area contributed by atoms with Crippen LogP contribution in [0.15, 0.2) is 42.5 Å². The first-order valence-electron chi connectivity index (χ1n) is 5.50. The summed E-state index contributed by atoms with van der Waals surface area (Å²) in [6.45, 7) is -0.373. The molecule has 2 aromatic rings. The van der Waals surface area contributed by atoms with Crippen LogP contribution in [0.4, 0.5) is 13.2 Å². The molecule has 0 saturated carbocycles. The van der Waals surface area contributed by atoms with Gasteiger partial charge in [-0.3, -0.25) is 0 Å². The van der Waals surface area contributed by atoms with Crippen LogP contribution in [0.3, 0.4) is 0 Å². The maximum atomic E-state index is 13.0.